The van der Waals surface area contributed by atoms with Crippen LogP contribution in [-0.4, -0.2) is 28.6 Å². The van der Waals surface area contributed by atoms with Gasteiger partial charge in [0, 0.05) is 13.7 Å². The number of benzene rings is 2. The van der Waals surface area contributed by atoms with Crippen molar-refractivity contribution in [3.63, 3.8) is 0 Å². The Labute approximate surface area is 147 Å². The first-order valence-corrected chi connectivity index (χ1v) is 9.11. The summed E-state index contributed by atoms with van der Waals surface area (Å²) < 4.78 is 37.5. The van der Waals surface area contributed by atoms with Gasteiger partial charge in [-0.2, -0.15) is 0 Å². The number of nitrogens with one attached hydrogen (secondary N) is 1. The molecular weight excluding hydrogens is 342 g/mol. The standard InChI is InChI=1S/C18H21NO5S/c1-13-7-8-16(18(20)24-3)10-17(13)25(21,22)19-11-14-5-4-6-15(9-14)12-23-2/h4-10,19H,11-12H2,1-3H3. The van der Waals surface area contributed by atoms with Crippen LogP contribution in [-0.2, 0) is 32.6 Å². The average Bonchev–Trinajstić information content (AvgIpc) is 2.60. The summed E-state index contributed by atoms with van der Waals surface area (Å²) in [5.74, 6) is -0.580. The van der Waals surface area contributed by atoms with Crippen molar-refractivity contribution in [2.75, 3.05) is 14.2 Å². The fraction of sp³-hybridized carbons (Fsp3) is 0.278. The maximum absolute atomic E-state index is 12.6. The van der Waals surface area contributed by atoms with Crippen LogP contribution in [0.15, 0.2) is 47.4 Å². The van der Waals surface area contributed by atoms with E-state index in [2.05, 4.69) is 9.46 Å². The quantitative estimate of drug-likeness (QED) is 0.764. The first-order valence-electron chi connectivity index (χ1n) is 7.63. The van der Waals surface area contributed by atoms with E-state index in [1.807, 2.05) is 24.3 Å². The van der Waals surface area contributed by atoms with Crippen molar-refractivity contribution in [1.82, 2.24) is 4.72 Å². The molecule has 2 aromatic rings. The van der Waals surface area contributed by atoms with Gasteiger partial charge in [0.2, 0.25) is 10.0 Å². The van der Waals surface area contributed by atoms with E-state index in [9.17, 15) is 13.2 Å². The predicted molar refractivity (Wildman–Crippen MR) is 93.7 cm³/mol. The first-order chi connectivity index (χ1) is 11.9. The molecule has 0 aliphatic carbocycles. The van der Waals surface area contributed by atoms with Crippen LogP contribution >= 0.6 is 0 Å². The Kier molecular flexibility index (Phi) is 6.30. The second-order valence-corrected chi connectivity index (χ2v) is 7.28. The molecule has 0 aliphatic rings. The Balaban J connectivity index is 2.22. The Morgan fingerprint density at radius 3 is 2.48 bits per heavy atom. The summed E-state index contributed by atoms with van der Waals surface area (Å²) in [4.78, 5) is 11.7. The van der Waals surface area contributed by atoms with Gasteiger partial charge >= 0.3 is 5.97 Å². The highest BCUT2D eigenvalue weighted by Gasteiger charge is 2.19. The number of aryl methyl sites for hydroxylation is 1. The lowest BCUT2D eigenvalue weighted by atomic mass is 10.1. The van der Waals surface area contributed by atoms with Gasteiger partial charge in [-0.1, -0.05) is 30.3 Å². The third-order valence-electron chi connectivity index (χ3n) is 3.67. The smallest absolute Gasteiger partial charge is 0.337 e. The summed E-state index contributed by atoms with van der Waals surface area (Å²) >= 11 is 0. The molecule has 0 heterocycles. The number of hydrogen-bond donors (Lipinski definition) is 1. The number of hydrogen-bond acceptors (Lipinski definition) is 5. The fourth-order valence-electron chi connectivity index (χ4n) is 2.39. The molecule has 0 aliphatic heterocycles. The molecule has 7 heteroatoms. The highest BCUT2D eigenvalue weighted by atomic mass is 32.2. The third kappa shape index (κ3) is 4.88. The molecule has 0 saturated heterocycles. The summed E-state index contributed by atoms with van der Waals surface area (Å²) in [6.07, 6.45) is 0. The number of rotatable bonds is 7. The van der Waals surface area contributed by atoms with Crippen LogP contribution in [0.2, 0.25) is 0 Å². The molecule has 0 atom stereocenters. The molecule has 0 radical (unpaired) electrons. The van der Waals surface area contributed by atoms with Crippen molar-refractivity contribution >= 4 is 16.0 Å². The Bertz CT molecular complexity index is 862. The van der Waals surface area contributed by atoms with Gasteiger partial charge in [-0.05, 0) is 35.7 Å². The van der Waals surface area contributed by atoms with Crippen LogP contribution in [0.3, 0.4) is 0 Å². The molecule has 0 unspecified atom stereocenters. The van der Waals surface area contributed by atoms with E-state index in [-0.39, 0.29) is 17.0 Å². The molecule has 0 fully saturated rings. The van der Waals surface area contributed by atoms with E-state index in [4.69, 9.17) is 4.74 Å². The molecule has 134 valence electrons. The van der Waals surface area contributed by atoms with E-state index in [1.165, 1.54) is 19.2 Å². The molecule has 25 heavy (non-hydrogen) atoms. The first kappa shape index (κ1) is 19.1. The largest absolute Gasteiger partial charge is 0.465 e. The summed E-state index contributed by atoms with van der Waals surface area (Å²) in [7, 11) is -0.912. The molecule has 0 bridgehead atoms. The minimum Gasteiger partial charge on any atom is -0.465 e. The van der Waals surface area contributed by atoms with Gasteiger partial charge in [-0.15, -0.1) is 0 Å². The van der Waals surface area contributed by atoms with Crippen molar-refractivity contribution in [2.45, 2.75) is 25.0 Å². The predicted octanol–water partition coefficient (Wildman–Crippen LogP) is 2.41. The van der Waals surface area contributed by atoms with E-state index < -0.39 is 16.0 Å². The second kappa shape index (κ2) is 8.24. The van der Waals surface area contributed by atoms with Crippen LogP contribution in [0.4, 0.5) is 0 Å². The normalized spacial score (nSPS) is 11.3. The summed E-state index contributed by atoms with van der Waals surface area (Å²) in [6.45, 7) is 2.28. The van der Waals surface area contributed by atoms with E-state index in [0.717, 1.165) is 11.1 Å². The molecule has 0 amide bonds. The van der Waals surface area contributed by atoms with Crippen molar-refractivity contribution in [1.29, 1.82) is 0 Å². The third-order valence-corrected chi connectivity index (χ3v) is 5.21. The highest BCUT2D eigenvalue weighted by Crippen LogP contribution is 2.18. The van der Waals surface area contributed by atoms with Gasteiger partial charge in [0.25, 0.3) is 0 Å². The number of carbonyl (C=O) groups is 1. The lowest BCUT2D eigenvalue weighted by molar-refractivity contribution is 0.0600. The van der Waals surface area contributed by atoms with Crippen molar-refractivity contribution in [3.8, 4) is 0 Å². The van der Waals surface area contributed by atoms with Crippen LogP contribution in [0.25, 0.3) is 0 Å². The van der Waals surface area contributed by atoms with Crippen LogP contribution < -0.4 is 4.72 Å². The van der Waals surface area contributed by atoms with Crippen molar-refractivity contribution < 1.29 is 22.7 Å². The summed E-state index contributed by atoms with van der Waals surface area (Å²) in [5, 5.41) is 0. The van der Waals surface area contributed by atoms with Gasteiger partial charge < -0.3 is 9.47 Å². The monoisotopic (exact) mass is 363 g/mol. The number of sulfonamides is 1. The average molecular weight is 363 g/mol. The maximum Gasteiger partial charge on any atom is 0.337 e. The van der Waals surface area contributed by atoms with Crippen molar-refractivity contribution in [3.05, 3.63) is 64.7 Å². The molecule has 1 N–H and O–H groups in total. The van der Waals surface area contributed by atoms with Crippen LogP contribution in [0.5, 0.6) is 0 Å². The lowest BCUT2D eigenvalue weighted by Gasteiger charge is -2.11. The maximum atomic E-state index is 12.6. The molecule has 0 saturated carbocycles. The number of ether oxygens (including phenoxy) is 2. The Morgan fingerprint density at radius 2 is 1.80 bits per heavy atom. The Morgan fingerprint density at radius 1 is 1.08 bits per heavy atom. The number of esters is 1. The van der Waals surface area contributed by atoms with E-state index >= 15 is 0 Å². The zero-order valence-electron chi connectivity index (χ0n) is 14.4. The van der Waals surface area contributed by atoms with Crippen LogP contribution in [0, 0.1) is 6.92 Å². The van der Waals surface area contributed by atoms with Gasteiger partial charge in [0.05, 0.1) is 24.2 Å². The molecule has 6 nitrogen and oxygen atoms in total. The zero-order valence-corrected chi connectivity index (χ0v) is 15.2. The minimum absolute atomic E-state index is 0.0587. The SMILES string of the molecule is COCc1cccc(CNS(=O)(=O)c2cc(C(=O)OC)ccc2C)c1. The van der Waals surface area contributed by atoms with E-state index in [1.54, 1.807) is 20.1 Å². The number of methoxy groups -OCH3 is 2. The molecule has 2 rings (SSSR count). The van der Waals surface area contributed by atoms with Crippen molar-refractivity contribution in [2.24, 2.45) is 0 Å². The Hall–Kier alpha value is -2.22. The zero-order chi connectivity index (χ0) is 18.4. The van der Waals surface area contributed by atoms with Gasteiger partial charge in [0.15, 0.2) is 0 Å². The van der Waals surface area contributed by atoms with Gasteiger partial charge in [-0.25, -0.2) is 17.9 Å². The second-order valence-electron chi connectivity index (χ2n) is 5.55. The lowest BCUT2D eigenvalue weighted by Crippen LogP contribution is -2.24. The molecular formula is C18H21NO5S. The van der Waals surface area contributed by atoms with E-state index in [0.29, 0.717) is 12.2 Å². The van der Waals surface area contributed by atoms with Gasteiger partial charge in [0.1, 0.15) is 0 Å². The number of carbonyl (C=O) groups excluding carboxylic acids is 1. The van der Waals surface area contributed by atoms with Gasteiger partial charge in [-0.3, -0.25) is 0 Å². The van der Waals surface area contributed by atoms with Crippen LogP contribution in [0.1, 0.15) is 27.0 Å². The minimum atomic E-state index is -3.77. The molecule has 0 spiro atoms. The highest BCUT2D eigenvalue weighted by molar-refractivity contribution is 7.89. The summed E-state index contributed by atoms with van der Waals surface area (Å²) in [5.41, 5.74) is 2.52. The topological polar surface area (TPSA) is 81.7 Å². The molecule has 2 aromatic carbocycles. The summed E-state index contributed by atoms with van der Waals surface area (Å²) in [6, 6.07) is 11.9. The fourth-order valence-corrected chi connectivity index (χ4v) is 3.67. The molecule has 0 aromatic heterocycles.